The number of piperidine rings is 1. The van der Waals surface area contributed by atoms with Crippen molar-refractivity contribution in [1.29, 1.82) is 0 Å². The lowest BCUT2D eigenvalue weighted by Crippen LogP contribution is -2.43. The zero-order chi connectivity index (χ0) is 11.3. The Morgan fingerprint density at radius 1 is 1.53 bits per heavy atom. The zero-order valence-corrected chi connectivity index (χ0v) is 9.34. The third-order valence-electron chi connectivity index (χ3n) is 2.84. The van der Waals surface area contributed by atoms with Crippen LogP contribution in [0.15, 0.2) is 0 Å². The van der Waals surface area contributed by atoms with Gasteiger partial charge in [-0.25, -0.2) is 4.39 Å². The maximum atomic E-state index is 13.6. The van der Waals surface area contributed by atoms with Crippen molar-refractivity contribution in [3.05, 3.63) is 0 Å². The van der Waals surface area contributed by atoms with Crippen LogP contribution in [-0.2, 0) is 4.79 Å². The molecule has 4 heteroatoms. The molecule has 0 spiro atoms. The van der Waals surface area contributed by atoms with Gasteiger partial charge in [0.15, 0.2) is 0 Å². The Hall–Kier alpha value is -0.640. The number of alkyl halides is 1. The van der Waals surface area contributed by atoms with E-state index in [0.29, 0.717) is 19.4 Å². The van der Waals surface area contributed by atoms with Crippen molar-refractivity contribution in [2.45, 2.75) is 44.7 Å². The van der Waals surface area contributed by atoms with Crippen LogP contribution in [0.2, 0.25) is 0 Å². The molecule has 0 radical (unpaired) electrons. The van der Waals surface area contributed by atoms with E-state index in [4.69, 9.17) is 5.11 Å². The predicted octanol–water partition coefficient (Wildman–Crippen LogP) is 2.07. The average Bonchev–Trinajstić information content (AvgIpc) is 2.10. The third-order valence-corrected chi connectivity index (χ3v) is 2.84. The van der Waals surface area contributed by atoms with Gasteiger partial charge < -0.3 is 10.0 Å². The average molecular weight is 217 g/mol. The van der Waals surface area contributed by atoms with Crippen LogP contribution in [0.4, 0.5) is 4.39 Å². The Morgan fingerprint density at radius 2 is 2.27 bits per heavy atom. The van der Waals surface area contributed by atoms with Crippen molar-refractivity contribution in [3.63, 3.8) is 0 Å². The molecule has 0 aliphatic carbocycles. The fraction of sp³-hybridized carbons (Fsp3) is 0.909. The Morgan fingerprint density at radius 3 is 2.87 bits per heavy atom. The normalized spacial score (nSPS) is 27.9. The van der Waals surface area contributed by atoms with Crippen LogP contribution >= 0.6 is 0 Å². The quantitative estimate of drug-likeness (QED) is 0.717. The van der Waals surface area contributed by atoms with Crippen molar-refractivity contribution in [2.75, 3.05) is 19.6 Å². The second-order valence-electron chi connectivity index (χ2n) is 4.64. The minimum absolute atomic E-state index is 0.223. The van der Waals surface area contributed by atoms with Crippen molar-refractivity contribution in [2.24, 2.45) is 0 Å². The second-order valence-corrected chi connectivity index (χ2v) is 4.64. The smallest absolute Gasteiger partial charge is 0.303 e. The number of aliphatic carboxylic acids is 1. The molecule has 1 aliphatic heterocycles. The molecule has 0 saturated carbocycles. The number of carboxylic acids is 1. The fourth-order valence-electron chi connectivity index (χ4n) is 2.10. The Bertz CT molecular complexity index is 219. The Kier molecular flexibility index (Phi) is 4.51. The number of carboxylic acid groups (broad SMARTS) is 1. The van der Waals surface area contributed by atoms with Gasteiger partial charge in [-0.2, -0.15) is 0 Å². The van der Waals surface area contributed by atoms with Crippen LogP contribution in [0.3, 0.4) is 0 Å². The molecular weight excluding hydrogens is 197 g/mol. The number of nitrogens with zero attached hydrogens (tertiary/aromatic N) is 1. The predicted molar refractivity (Wildman–Crippen MR) is 56.7 cm³/mol. The van der Waals surface area contributed by atoms with Gasteiger partial charge in [0.25, 0.3) is 0 Å². The summed E-state index contributed by atoms with van der Waals surface area (Å²) in [6, 6.07) is 0. The van der Waals surface area contributed by atoms with Crippen LogP contribution in [0, 0.1) is 0 Å². The van der Waals surface area contributed by atoms with Gasteiger partial charge in [0.2, 0.25) is 0 Å². The number of carbonyl (C=O) groups is 1. The molecule has 0 aromatic rings. The Balaban J connectivity index is 2.13. The summed E-state index contributed by atoms with van der Waals surface area (Å²) in [6.07, 6.45) is 3.32. The number of halogens is 1. The summed E-state index contributed by atoms with van der Waals surface area (Å²) < 4.78 is 13.6. The van der Waals surface area contributed by atoms with E-state index in [1.165, 1.54) is 0 Å². The topological polar surface area (TPSA) is 40.5 Å². The third kappa shape index (κ3) is 5.11. The number of hydrogen-bond donors (Lipinski definition) is 1. The first kappa shape index (κ1) is 12.4. The highest BCUT2D eigenvalue weighted by Gasteiger charge is 2.29. The van der Waals surface area contributed by atoms with Crippen molar-refractivity contribution < 1.29 is 14.3 Å². The summed E-state index contributed by atoms with van der Waals surface area (Å²) in [5, 5.41) is 8.46. The highest BCUT2D eigenvalue weighted by Crippen LogP contribution is 2.24. The van der Waals surface area contributed by atoms with E-state index < -0.39 is 11.6 Å². The molecule has 1 heterocycles. The summed E-state index contributed by atoms with van der Waals surface area (Å²) in [5.41, 5.74) is -1.05. The van der Waals surface area contributed by atoms with Gasteiger partial charge in [-0.05, 0) is 45.7 Å². The number of unbranched alkanes of at least 4 members (excludes halogenated alkanes) is 1. The SMILES string of the molecule is C[C@]1(F)CCCN(CCCCC(=O)O)C1. The van der Waals surface area contributed by atoms with E-state index in [0.717, 1.165) is 25.9 Å². The largest absolute Gasteiger partial charge is 0.481 e. The molecule has 0 aromatic carbocycles. The van der Waals surface area contributed by atoms with Gasteiger partial charge >= 0.3 is 5.97 Å². The molecule has 1 saturated heterocycles. The van der Waals surface area contributed by atoms with Gasteiger partial charge in [-0.1, -0.05) is 0 Å². The maximum absolute atomic E-state index is 13.6. The fourth-order valence-corrected chi connectivity index (χ4v) is 2.10. The van der Waals surface area contributed by atoms with Gasteiger partial charge in [0.05, 0.1) is 0 Å². The van der Waals surface area contributed by atoms with E-state index >= 15 is 0 Å². The summed E-state index contributed by atoms with van der Waals surface area (Å²) in [6.45, 7) is 3.93. The van der Waals surface area contributed by atoms with E-state index in [9.17, 15) is 9.18 Å². The van der Waals surface area contributed by atoms with Crippen LogP contribution in [-0.4, -0.2) is 41.3 Å². The van der Waals surface area contributed by atoms with E-state index in [-0.39, 0.29) is 6.42 Å². The summed E-state index contributed by atoms with van der Waals surface area (Å²) in [5.74, 6) is -0.746. The van der Waals surface area contributed by atoms with Crippen LogP contribution in [0.1, 0.15) is 39.0 Å². The lowest BCUT2D eigenvalue weighted by molar-refractivity contribution is -0.137. The van der Waals surface area contributed by atoms with E-state index in [1.54, 1.807) is 6.92 Å². The molecule has 0 unspecified atom stereocenters. The first-order valence-corrected chi connectivity index (χ1v) is 5.63. The molecule has 15 heavy (non-hydrogen) atoms. The first-order valence-electron chi connectivity index (χ1n) is 5.63. The lowest BCUT2D eigenvalue weighted by Gasteiger charge is -2.35. The monoisotopic (exact) mass is 217 g/mol. The lowest BCUT2D eigenvalue weighted by atomic mass is 9.97. The Labute approximate surface area is 90.3 Å². The number of likely N-dealkylation sites (tertiary alicyclic amines) is 1. The molecule has 0 amide bonds. The number of rotatable bonds is 5. The summed E-state index contributed by atoms with van der Waals surface area (Å²) in [4.78, 5) is 12.4. The minimum atomic E-state index is -1.05. The van der Waals surface area contributed by atoms with Crippen LogP contribution in [0.5, 0.6) is 0 Å². The molecule has 0 bridgehead atoms. The second kappa shape index (κ2) is 5.45. The van der Waals surface area contributed by atoms with Gasteiger partial charge in [0, 0.05) is 13.0 Å². The molecule has 88 valence electrons. The molecular formula is C11H20FNO2. The van der Waals surface area contributed by atoms with Crippen LogP contribution < -0.4 is 0 Å². The molecule has 0 aromatic heterocycles. The molecule has 1 aliphatic rings. The van der Waals surface area contributed by atoms with Gasteiger partial charge in [-0.3, -0.25) is 4.79 Å². The van der Waals surface area contributed by atoms with Crippen molar-refractivity contribution >= 4 is 5.97 Å². The molecule has 1 fully saturated rings. The zero-order valence-electron chi connectivity index (χ0n) is 9.34. The standard InChI is InChI=1S/C11H20FNO2/c1-11(12)6-4-8-13(9-11)7-3-2-5-10(14)15/h2-9H2,1H3,(H,14,15)/t11-/m0/s1. The van der Waals surface area contributed by atoms with E-state index in [2.05, 4.69) is 4.90 Å². The van der Waals surface area contributed by atoms with Crippen molar-refractivity contribution in [1.82, 2.24) is 4.90 Å². The van der Waals surface area contributed by atoms with E-state index in [1.807, 2.05) is 0 Å². The summed E-state index contributed by atoms with van der Waals surface area (Å²) >= 11 is 0. The number of hydrogen-bond acceptors (Lipinski definition) is 2. The first-order chi connectivity index (χ1) is 6.99. The highest BCUT2D eigenvalue weighted by molar-refractivity contribution is 5.66. The van der Waals surface area contributed by atoms with Gasteiger partial charge in [0.1, 0.15) is 5.67 Å². The molecule has 1 atom stereocenters. The molecule has 1 rings (SSSR count). The maximum Gasteiger partial charge on any atom is 0.303 e. The van der Waals surface area contributed by atoms with Crippen LogP contribution in [0.25, 0.3) is 0 Å². The molecule has 1 N–H and O–H groups in total. The highest BCUT2D eigenvalue weighted by atomic mass is 19.1. The summed E-state index contributed by atoms with van der Waals surface area (Å²) in [7, 11) is 0. The molecule has 3 nitrogen and oxygen atoms in total. The van der Waals surface area contributed by atoms with Gasteiger partial charge in [-0.15, -0.1) is 0 Å². The minimum Gasteiger partial charge on any atom is -0.481 e. The van der Waals surface area contributed by atoms with Crippen molar-refractivity contribution in [3.8, 4) is 0 Å².